The summed E-state index contributed by atoms with van der Waals surface area (Å²) in [6.45, 7) is 0.418. The van der Waals surface area contributed by atoms with E-state index in [0.717, 1.165) is 12.8 Å². The van der Waals surface area contributed by atoms with Gasteiger partial charge in [-0.15, -0.1) is 0 Å². The highest BCUT2D eigenvalue weighted by molar-refractivity contribution is 9.08. The average Bonchev–Trinajstić information content (AvgIpc) is 2.19. The van der Waals surface area contributed by atoms with Crippen molar-refractivity contribution in [2.24, 2.45) is 5.92 Å². The van der Waals surface area contributed by atoms with E-state index in [0.29, 0.717) is 23.4 Å². The molecule has 0 unspecified atom stereocenters. The Hall–Kier alpha value is -0.640. The smallest absolute Gasteiger partial charge is 0.190 e. The largest absolute Gasteiger partial charge is 0.487 e. The molecule has 0 bridgehead atoms. The lowest BCUT2D eigenvalue weighted by Crippen LogP contribution is -2.20. The van der Waals surface area contributed by atoms with Crippen molar-refractivity contribution in [2.45, 2.75) is 24.6 Å². The lowest BCUT2D eigenvalue weighted by atomic mass is 9.86. The molecule has 1 aromatic carbocycles. The normalized spacial score (nSPS) is 15.9. The summed E-state index contributed by atoms with van der Waals surface area (Å²) in [5.74, 6) is -1.01. The van der Waals surface area contributed by atoms with Gasteiger partial charge in [-0.3, -0.25) is 0 Å². The summed E-state index contributed by atoms with van der Waals surface area (Å²) in [7, 11) is 0. The highest BCUT2D eigenvalue weighted by Crippen LogP contribution is 2.29. The zero-order valence-corrected chi connectivity index (χ0v) is 10.4. The first kappa shape index (κ1) is 11.8. The minimum atomic E-state index is -0.617. The van der Waals surface area contributed by atoms with Crippen LogP contribution in [0.2, 0.25) is 0 Å². The summed E-state index contributed by atoms with van der Waals surface area (Å²) in [5.41, 5.74) is 0.575. The molecule has 0 aliphatic heterocycles. The van der Waals surface area contributed by atoms with Crippen LogP contribution < -0.4 is 4.74 Å². The molecule has 2 rings (SSSR count). The molecule has 4 heteroatoms. The second-order valence-electron chi connectivity index (χ2n) is 4.13. The highest BCUT2D eigenvalue weighted by Gasteiger charge is 2.20. The van der Waals surface area contributed by atoms with Crippen molar-refractivity contribution in [3.63, 3.8) is 0 Å². The van der Waals surface area contributed by atoms with Crippen LogP contribution in [0.5, 0.6) is 5.75 Å². The van der Waals surface area contributed by atoms with Crippen LogP contribution in [-0.4, -0.2) is 6.61 Å². The fraction of sp³-hybridized carbons (Fsp3) is 0.500. The number of benzene rings is 1. The Morgan fingerprint density at radius 3 is 2.31 bits per heavy atom. The summed E-state index contributed by atoms with van der Waals surface area (Å²) < 4.78 is 32.2. The van der Waals surface area contributed by atoms with Gasteiger partial charge in [0.15, 0.2) is 17.4 Å². The van der Waals surface area contributed by atoms with Gasteiger partial charge in [0.2, 0.25) is 0 Å². The van der Waals surface area contributed by atoms with Crippen molar-refractivity contribution < 1.29 is 13.5 Å². The molecule has 0 saturated heterocycles. The van der Waals surface area contributed by atoms with Gasteiger partial charge in [-0.1, -0.05) is 22.4 Å². The number of ether oxygens (including phenoxy) is 1. The van der Waals surface area contributed by atoms with Crippen molar-refractivity contribution in [3.8, 4) is 5.75 Å². The zero-order valence-electron chi connectivity index (χ0n) is 8.81. The molecule has 0 amide bonds. The van der Waals surface area contributed by atoms with E-state index < -0.39 is 11.6 Å². The second kappa shape index (κ2) is 5.13. The fourth-order valence-corrected chi connectivity index (χ4v) is 2.01. The lowest BCUT2D eigenvalue weighted by Gasteiger charge is -2.25. The molecular formula is C12H13BrF2O. The van der Waals surface area contributed by atoms with E-state index in [2.05, 4.69) is 15.9 Å². The van der Waals surface area contributed by atoms with Gasteiger partial charge < -0.3 is 4.74 Å². The molecule has 0 atom stereocenters. The Kier molecular flexibility index (Phi) is 3.79. The number of hydrogen-bond donors (Lipinski definition) is 0. The van der Waals surface area contributed by atoms with Gasteiger partial charge in [0.05, 0.1) is 6.61 Å². The predicted molar refractivity (Wildman–Crippen MR) is 61.8 cm³/mol. The molecular weight excluding hydrogens is 278 g/mol. The monoisotopic (exact) mass is 290 g/mol. The number of hydrogen-bond acceptors (Lipinski definition) is 1. The van der Waals surface area contributed by atoms with Gasteiger partial charge >= 0.3 is 0 Å². The molecule has 1 fully saturated rings. The molecule has 1 aliphatic rings. The molecule has 1 saturated carbocycles. The summed E-state index contributed by atoms with van der Waals surface area (Å²) in [4.78, 5) is 0. The topological polar surface area (TPSA) is 9.23 Å². The standard InChI is InChI=1S/C12H13BrF2O/c13-6-9-4-10(14)12(11(15)5-9)16-7-8-2-1-3-8/h4-5,8H,1-3,6-7H2. The van der Waals surface area contributed by atoms with E-state index in [9.17, 15) is 8.78 Å². The summed E-state index contributed by atoms with van der Waals surface area (Å²) in [6.07, 6.45) is 3.40. The minimum Gasteiger partial charge on any atom is -0.487 e. The van der Waals surface area contributed by atoms with E-state index in [-0.39, 0.29) is 5.75 Å². The summed E-state index contributed by atoms with van der Waals surface area (Å²) in [5, 5.41) is 0.434. The van der Waals surface area contributed by atoms with Gasteiger partial charge in [0, 0.05) is 5.33 Å². The molecule has 0 aromatic heterocycles. The Morgan fingerprint density at radius 1 is 1.25 bits per heavy atom. The first-order chi connectivity index (χ1) is 7.70. The van der Waals surface area contributed by atoms with Crippen LogP contribution in [0.3, 0.4) is 0 Å². The predicted octanol–water partition coefficient (Wildman–Crippen LogP) is 4.04. The Labute approximate surface area is 102 Å². The van der Waals surface area contributed by atoms with Crippen molar-refractivity contribution in [1.29, 1.82) is 0 Å². The van der Waals surface area contributed by atoms with Gasteiger partial charge in [0.25, 0.3) is 0 Å². The van der Waals surface area contributed by atoms with Gasteiger partial charge in [0.1, 0.15) is 0 Å². The van der Waals surface area contributed by atoms with Gasteiger partial charge in [-0.25, -0.2) is 8.78 Å². The molecule has 0 heterocycles. The van der Waals surface area contributed by atoms with Crippen LogP contribution >= 0.6 is 15.9 Å². The first-order valence-electron chi connectivity index (χ1n) is 5.37. The maximum absolute atomic E-state index is 13.5. The van der Waals surface area contributed by atoms with Crippen LogP contribution in [0.15, 0.2) is 12.1 Å². The van der Waals surface area contributed by atoms with Gasteiger partial charge in [-0.05, 0) is 36.5 Å². The van der Waals surface area contributed by atoms with Crippen molar-refractivity contribution >= 4 is 15.9 Å². The lowest BCUT2D eigenvalue weighted by molar-refractivity contribution is 0.170. The Morgan fingerprint density at radius 2 is 1.88 bits per heavy atom. The molecule has 0 N–H and O–H groups in total. The SMILES string of the molecule is Fc1cc(CBr)cc(F)c1OCC1CCC1. The van der Waals surface area contributed by atoms with E-state index >= 15 is 0 Å². The molecule has 88 valence electrons. The van der Waals surface area contributed by atoms with Gasteiger partial charge in [-0.2, -0.15) is 0 Å². The van der Waals surface area contributed by atoms with Crippen LogP contribution in [0.4, 0.5) is 8.78 Å². The van der Waals surface area contributed by atoms with Crippen LogP contribution in [0.1, 0.15) is 24.8 Å². The molecule has 0 spiro atoms. The fourth-order valence-electron chi connectivity index (χ4n) is 1.69. The third-order valence-electron chi connectivity index (χ3n) is 2.90. The van der Waals surface area contributed by atoms with E-state index in [1.807, 2.05) is 0 Å². The highest BCUT2D eigenvalue weighted by atomic mass is 79.9. The zero-order chi connectivity index (χ0) is 11.5. The van der Waals surface area contributed by atoms with E-state index in [4.69, 9.17) is 4.74 Å². The van der Waals surface area contributed by atoms with Crippen LogP contribution in [0, 0.1) is 17.6 Å². The maximum atomic E-state index is 13.5. The minimum absolute atomic E-state index is 0.239. The van der Waals surface area contributed by atoms with Crippen LogP contribution in [0.25, 0.3) is 0 Å². The molecule has 1 nitrogen and oxygen atoms in total. The van der Waals surface area contributed by atoms with Crippen molar-refractivity contribution in [1.82, 2.24) is 0 Å². The van der Waals surface area contributed by atoms with E-state index in [1.54, 1.807) is 0 Å². The second-order valence-corrected chi connectivity index (χ2v) is 4.69. The Bertz CT molecular complexity index is 354. The molecule has 1 aliphatic carbocycles. The third kappa shape index (κ3) is 2.54. The quantitative estimate of drug-likeness (QED) is 0.761. The summed E-state index contributed by atoms with van der Waals surface area (Å²) in [6, 6.07) is 2.60. The number of alkyl halides is 1. The number of halogens is 3. The molecule has 0 radical (unpaired) electrons. The maximum Gasteiger partial charge on any atom is 0.190 e. The molecule has 16 heavy (non-hydrogen) atoms. The van der Waals surface area contributed by atoms with Crippen molar-refractivity contribution in [2.75, 3.05) is 6.61 Å². The average molecular weight is 291 g/mol. The van der Waals surface area contributed by atoms with E-state index in [1.165, 1.54) is 18.6 Å². The number of rotatable bonds is 4. The first-order valence-corrected chi connectivity index (χ1v) is 6.49. The van der Waals surface area contributed by atoms with Crippen molar-refractivity contribution in [3.05, 3.63) is 29.3 Å². The molecule has 1 aromatic rings. The Balaban J connectivity index is 2.06. The van der Waals surface area contributed by atoms with Crippen LogP contribution in [-0.2, 0) is 5.33 Å². The summed E-state index contributed by atoms with van der Waals surface area (Å²) >= 11 is 3.16. The third-order valence-corrected chi connectivity index (χ3v) is 3.55.